The highest BCUT2D eigenvalue weighted by atomic mass is 15.0. The van der Waals surface area contributed by atoms with Crippen molar-refractivity contribution < 1.29 is 0 Å². The molecule has 66 valence electrons. The van der Waals surface area contributed by atoms with Crippen LogP contribution in [0.3, 0.4) is 0 Å². The summed E-state index contributed by atoms with van der Waals surface area (Å²) in [5, 5.41) is 0. The van der Waals surface area contributed by atoms with E-state index in [0.717, 1.165) is 16.9 Å². The zero-order valence-corrected chi connectivity index (χ0v) is 7.12. The zero-order chi connectivity index (χ0) is 8.84. The van der Waals surface area contributed by atoms with Crippen molar-refractivity contribution in [3.05, 3.63) is 18.1 Å². The number of anilines is 1. The molecule has 13 heavy (non-hydrogen) atoms. The van der Waals surface area contributed by atoms with Crippen LogP contribution in [0.15, 0.2) is 12.3 Å². The van der Waals surface area contributed by atoms with Gasteiger partial charge in [-0.15, -0.1) is 0 Å². The van der Waals surface area contributed by atoms with Crippen LogP contribution in [0.5, 0.6) is 0 Å². The number of pyridine rings is 1. The lowest BCUT2D eigenvalue weighted by Gasteiger charge is -1.89. The van der Waals surface area contributed by atoms with Crippen molar-refractivity contribution in [3.8, 4) is 0 Å². The van der Waals surface area contributed by atoms with Crippen LogP contribution in [-0.4, -0.2) is 15.0 Å². The zero-order valence-electron chi connectivity index (χ0n) is 7.12. The maximum atomic E-state index is 5.70. The fourth-order valence-electron chi connectivity index (χ4n) is 1.53. The minimum absolute atomic E-state index is 0.514. The Morgan fingerprint density at radius 3 is 3.00 bits per heavy atom. The first kappa shape index (κ1) is 6.88. The lowest BCUT2D eigenvalue weighted by molar-refractivity contribution is 0.986. The summed E-state index contributed by atoms with van der Waals surface area (Å²) >= 11 is 0. The van der Waals surface area contributed by atoms with Gasteiger partial charge in [-0.25, -0.2) is 9.97 Å². The van der Waals surface area contributed by atoms with E-state index in [2.05, 4.69) is 15.0 Å². The molecule has 0 amide bonds. The average molecular weight is 174 g/mol. The summed E-state index contributed by atoms with van der Waals surface area (Å²) in [6, 6.07) is 1.91. The fraction of sp³-hybridized carbons (Fsp3) is 0.333. The topological polar surface area (TPSA) is 67.6 Å². The third-order valence-electron chi connectivity index (χ3n) is 2.41. The summed E-state index contributed by atoms with van der Waals surface area (Å²) in [6.07, 6.45) is 4.19. The molecule has 0 spiro atoms. The van der Waals surface area contributed by atoms with E-state index in [9.17, 15) is 0 Å². The van der Waals surface area contributed by atoms with Crippen molar-refractivity contribution in [2.75, 3.05) is 5.73 Å². The molecule has 1 aliphatic rings. The SMILES string of the molecule is Nc1nccc2[nH]c(C3CC3)nc12. The standard InChI is InChI=1S/C9H10N4/c10-8-7-6(3-4-11-8)12-9(13-7)5-1-2-5/h3-5H,1-2H2,(H2,10,11)(H,12,13). The quantitative estimate of drug-likeness (QED) is 0.687. The van der Waals surface area contributed by atoms with Crippen LogP contribution >= 0.6 is 0 Å². The van der Waals surface area contributed by atoms with Crippen LogP contribution in [0.4, 0.5) is 5.82 Å². The first-order chi connectivity index (χ1) is 6.34. The number of aromatic amines is 1. The van der Waals surface area contributed by atoms with Gasteiger partial charge in [0.25, 0.3) is 0 Å². The molecule has 0 atom stereocenters. The fourth-order valence-corrected chi connectivity index (χ4v) is 1.53. The molecular formula is C9H10N4. The van der Waals surface area contributed by atoms with Crippen LogP contribution in [-0.2, 0) is 0 Å². The lowest BCUT2D eigenvalue weighted by Crippen LogP contribution is -1.89. The normalized spacial score (nSPS) is 16.6. The van der Waals surface area contributed by atoms with E-state index in [1.54, 1.807) is 6.20 Å². The molecular weight excluding hydrogens is 164 g/mol. The first-order valence-corrected chi connectivity index (χ1v) is 4.44. The molecule has 0 aliphatic heterocycles. The van der Waals surface area contributed by atoms with Gasteiger partial charge in [-0.05, 0) is 18.9 Å². The Morgan fingerprint density at radius 2 is 2.31 bits per heavy atom. The minimum Gasteiger partial charge on any atom is -0.382 e. The number of nitrogens with zero attached hydrogens (tertiary/aromatic N) is 2. The molecule has 0 saturated heterocycles. The van der Waals surface area contributed by atoms with Crippen molar-refractivity contribution in [1.82, 2.24) is 15.0 Å². The Labute approximate surface area is 75.2 Å². The number of nitrogens with one attached hydrogen (secondary N) is 1. The Morgan fingerprint density at radius 1 is 1.46 bits per heavy atom. The van der Waals surface area contributed by atoms with E-state index in [4.69, 9.17) is 5.73 Å². The molecule has 0 unspecified atom stereocenters. The molecule has 2 aromatic heterocycles. The highest BCUT2D eigenvalue weighted by molar-refractivity contribution is 5.84. The number of H-pyrrole nitrogens is 1. The monoisotopic (exact) mass is 174 g/mol. The average Bonchev–Trinajstić information content (AvgIpc) is 2.87. The highest BCUT2D eigenvalue weighted by Gasteiger charge is 2.26. The molecule has 1 fully saturated rings. The molecule has 0 radical (unpaired) electrons. The number of nitrogens with two attached hydrogens (primary N) is 1. The molecule has 4 heteroatoms. The van der Waals surface area contributed by atoms with Crippen molar-refractivity contribution in [2.24, 2.45) is 0 Å². The molecule has 4 nitrogen and oxygen atoms in total. The summed E-state index contributed by atoms with van der Waals surface area (Å²) in [7, 11) is 0. The van der Waals surface area contributed by atoms with Gasteiger partial charge in [-0.1, -0.05) is 0 Å². The van der Waals surface area contributed by atoms with E-state index >= 15 is 0 Å². The molecule has 1 aliphatic carbocycles. The van der Waals surface area contributed by atoms with Gasteiger partial charge in [0.1, 0.15) is 11.3 Å². The summed E-state index contributed by atoms with van der Waals surface area (Å²) < 4.78 is 0. The predicted octanol–water partition coefficient (Wildman–Crippen LogP) is 1.42. The molecule has 1 saturated carbocycles. The Bertz CT molecular complexity index is 456. The number of fused-ring (bicyclic) bond motifs is 1. The van der Waals surface area contributed by atoms with Crippen molar-refractivity contribution in [1.29, 1.82) is 0 Å². The van der Waals surface area contributed by atoms with Gasteiger partial charge in [-0.3, -0.25) is 0 Å². The summed E-state index contributed by atoms with van der Waals surface area (Å²) in [5.74, 6) is 2.21. The summed E-state index contributed by atoms with van der Waals surface area (Å²) in [5.41, 5.74) is 7.50. The predicted molar refractivity (Wildman–Crippen MR) is 50.3 cm³/mol. The van der Waals surface area contributed by atoms with Gasteiger partial charge >= 0.3 is 0 Å². The summed E-state index contributed by atoms with van der Waals surface area (Å²) in [4.78, 5) is 11.7. The molecule has 0 bridgehead atoms. The highest BCUT2D eigenvalue weighted by Crippen LogP contribution is 2.39. The van der Waals surface area contributed by atoms with E-state index < -0.39 is 0 Å². The maximum absolute atomic E-state index is 5.70. The van der Waals surface area contributed by atoms with Gasteiger partial charge in [0.15, 0.2) is 5.82 Å². The molecule has 3 N–H and O–H groups in total. The molecule has 3 rings (SSSR count). The minimum atomic E-state index is 0.514. The van der Waals surface area contributed by atoms with Gasteiger partial charge in [0, 0.05) is 12.1 Å². The Kier molecular flexibility index (Phi) is 1.17. The van der Waals surface area contributed by atoms with Crippen molar-refractivity contribution >= 4 is 16.9 Å². The largest absolute Gasteiger partial charge is 0.382 e. The second kappa shape index (κ2) is 2.22. The van der Waals surface area contributed by atoms with Crippen molar-refractivity contribution in [3.63, 3.8) is 0 Å². The van der Waals surface area contributed by atoms with E-state index in [-0.39, 0.29) is 0 Å². The van der Waals surface area contributed by atoms with Crippen LogP contribution in [0, 0.1) is 0 Å². The van der Waals surface area contributed by atoms with Crippen LogP contribution in [0.25, 0.3) is 11.0 Å². The third-order valence-corrected chi connectivity index (χ3v) is 2.41. The number of aromatic nitrogens is 3. The number of nitrogen functional groups attached to an aromatic ring is 1. The van der Waals surface area contributed by atoms with Crippen LogP contribution in [0.1, 0.15) is 24.6 Å². The third kappa shape index (κ3) is 0.983. The van der Waals surface area contributed by atoms with Crippen LogP contribution < -0.4 is 5.73 Å². The van der Waals surface area contributed by atoms with E-state index in [0.29, 0.717) is 11.7 Å². The molecule has 2 heterocycles. The smallest absolute Gasteiger partial charge is 0.151 e. The second-order valence-electron chi connectivity index (χ2n) is 3.49. The van der Waals surface area contributed by atoms with E-state index in [1.165, 1.54) is 12.8 Å². The molecule has 0 aromatic carbocycles. The second-order valence-corrected chi connectivity index (χ2v) is 3.49. The lowest BCUT2D eigenvalue weighted by atomic mass is 10.4. The Hall–Kier alpha value is -1.58. The van der Waals surface area contributed by atoms with Gasteiger partial charge in [0.2, 0.25) is 0 Å². The maximum Gasteiger partial charge on any atom is 0.151 e. The van der Waals surface area contributed by atoms with Gasteiger partial charge in [0.05, 0.1) is 5.52 Å². The van der Waals surface area contributed by atoms with E-state index in [1.807, 2.05) is 6.07 Å². The first-order valence-electron chi connectivity index (χ1n) is 4.44. The van der Waals surface area contributed by atoms with Gasteiger partial charge < -0.3 is 10.7 Å². The molecule has 2 aromatic rings. The Balaban J connectivity index is 2.26. The summed E-state index contributed by atoms with van der Waals surface area (Å²) in [6.45, 7) is 0. The number of hydrogen-bond donors (Lipinski definition) is 2. The van der Waals surface area contributed by atoms with Crippen molar-refractivity contribution in [2.45, 2.75) is 18.8 Å². The number of imidazole rings is 1. The van der Waals surface area contributed by atoms with Crippen LogP contribution in [0.2, 0.25) is 0 Å². The number of rotatable bonds is 1. The van der Waals surface area contributed by atoms with Gasteiger partial charge in [-0.2, -0.15) is 0 Å². The number of hydrogen-bond acceptors (Lipinski definition) is 3.